The van der Waals surface area contributed by atoms with E-state index in [4.69, 9.17) is 0 Å². The Morgan fingerprint density at radius 1 is 1.47 bits per heavy atom. The van der Waals surface area contributed by atoms with E-state index in [2.05, 4.69) is 31.2 Å². The van der Waals surface area contributed by atoms with Gasteiger partial charge in [-0.2, -0.15) is 0 Å². The molecule has 82 valence electrons. The molecule has 5 nitrogen and oxygen atoms in total. The topological polar surface area (TPSA) is 58.1 Å². The van der Waals surface area contributed by atoms with Crippen molar-refractivity contribution < 1.29 is 4.79 Å². The highest BCUT2D eigenvalue weighted by Gasteiger charge is 2.07. The van der Waals surface area contributed by atoms with E-state index in [-0.39, 0.29) is 11.7 Å². The summed E-state index contributed by atoms with van der Waals surface area (Å²) in [5.74, 6) is -0.0543. The predicted molar refractivity (Wildman–Crippen MR) is 60.6 cm³/mol. The van der Waals surface area contributed by atoms with Crippen molar-refractivity contribution in [1.82, 2.24) is 20.2 Å². The Bertz CT molecular complexity index is 325. The van der Waals surface area contributed by atoms with Crippen LogP contribution in [0.25, 0.3) is 0 Å². The Morgan fingerprint density at radius 2 is 2.07 bits per heavy atom. The third-order valence-electron chi connectivity index (χ3n) is 1.67. The SMILES string of the molecule is CN(C)CCNC(=O)c1ncc(Br)cn1. The molecular formula is C9H13BrN4O. The Labute approximate surface area is 97.0 Å². The van der Waals surface area contributed by atoms with Gasteiger partial charge in [0.05, 0.1) is 4.47 Å². The van der Waals surface area contributed by atoms with Crippen LogP contribution in [0.3, 0.4) is 0 Å². The van der Waals surface area contributed by atoms with Crippen LogP contribution in [0, 0.1) is 0 Å². The summed E-state index contributed by atoms with van der Waals surface area (Å²) in [5.41, 5.74) is 0. The molecule has 1 aromatic heterocycles. The van der Waals surface area contributed by atoms with Crippen LogP contribution < -0.4 is 5.32 Å². The summed E-state index contributed by atoms with van der Waals surface area (Å²) >= 11 is 3.20. The van der Waals surface area contributed by atoms with Crippen LogP contribution in [0.1, 0.15) is 10.6 Å². The Hall–Kier alpha value is -1.01. The van der Waals surface area contributed by atoms with Gasteiger partial charge in [-0.3, -0.25) is 4.79 Å². The van der Waals surface area contributed by atoms with Crippen molar-refractivity contribution in [1.29, 1.82) is 0 Å². The number of carbonyl (C=O) groups excluding carboxylic acids is 1. The summed E-state index contributed by atoms with van der Waals surface area (Å²) < 4.78 is 0.757. The van der Waals surface area contributed by atoms with Gasteiger partial charge in [0.2, 0.25) is 5.82 Å². The number of rotatable bonds is 4. The van der Waals surface area contributed by atoms with Crippen molar-refractivity contribution in [3.8, 4) is 0 Å². The van der Waals surface area contributed by atoms with Gasteiger partial charge in [0.15, 0.2) is 0 Å². The molecule has 0 aliphatic rings. The fourth-order valence-corrected chi connectivity index (χ4v) is 1.11. The predicted octanol–water partition coefficient (Wildman–Crippen LogP) is 0.531. The monoisotopic (exact) mass is 272 g/mol. The molecule has 6 heteroatoms. The van der Waals surface area contributed by atoms with E-state index >= 15 is 0 Å². The summed E-state index contributed by atoms with van der Waals surface area (Å²) in [6.45, 7) is 1.38. The van der Waals surface area contributed by atoms with Gasteiger partial charge in [-0.1, -0.05) is 0 Å². The van der Waals surface area contributed by atoms with Crippen LogP contribution in [-0.4, -0.2) is 48.0 Å². The maximum atomic E-state index is 11.5. The first-order valence-electron chi connectivity index (χ1n) is 4.50. The Kier molecular flexibility index (Phi) is 4.64. The number of nitrogens with one attached hydrogen (secondary N) is 1. The van der Waals surface area contributed by atoms with Crippen molar-refractivity contribution in [2.45, 2.75) is 0 Å². The van der Waals surface area contributed by atoms with Crippen molar-refractivity contribution in [2.75, 3.05) is 27.2 Å². The molecule has 0 atom stereocenters. The number of halogens is 1. The van der Waals surface area contributed by atoms with E-state index < -0.39 is 0 Å². The fourth-order valence-electron chi connectivity index (χ4n) is 0.902. The molecule has 0 fully saturated rings. The van der Waals surface area contributed by atoms with E-state index in [0.29, 0.717) is 6.54 Å². The molecule has 1 heterocycles. The Morgan fingerprint density at radius 3 is 2.60 bits per heavy atom. The lowest BCUT2D eigenvalue weighted by Crippen LogP contribution is -2.32. The zero-order valence-corrected chi connectivity index (χ0v) is 10.3. The summed E-state index contributed by atoms with van der Waals surface area (Å²) in [7, 11) is 3.89. The second-order valence-corrected chi connectivity index (χ2v) is 4.20. The largest absolute Gasteiger partial charge is 0.348 e. The standard InChI is InChI=1S/C9H13BrN4O/c1-14(2)4-3-11-9(15)8-12-5-7(10)6-13-8/h5-6H,3-4H2,1-2H3,(H,11,15). The zero-order chi connectivity index (χ0) is 11.3. The molecule has 1 N–H and O–H groups in total. The molecular weight excluding hydrogens is 260 g/mol. The van der Waals surface area contributed by atoms with Gasteiger partial charge in [0.1, 0.15) is 0 Å². The fraction of sp³-hybridized carbons (Fsp3) is 0.444. The lowest BCUT2D eigenvalue weighted by Gasteiger charge is -2.09. The van der Waals surface area contributed by atoms with Gasteiger partial charge < -0.3 is 10.2 Å². The van der Waals surface area contributed by atoms with E-state index in [1.165, 1.54) is 0 Å². The molecule has 0 saturated carbocycles. The van der Waals surface area contributed by atoms with Crippen LogP contribution in [0.5, 0.6) is 0 Å². The maximum absolute atomic E-state index is 11.5. The molecule has 15 heavy (non-hydrogen) atoms. The first-order chi connectivity index (χ1) is 7.09. The highest BCUT2D eigenvalue weighted by Crippen LogP contribution is 2.03. The van der Waals surface area contributed by atoms with Gasteiger partial charge in [0, 0.05) is 25.5 Å². The van der Waals surface area contributed by atoms with E-state index in [1.807, 2.05) is 19.0 Å². The van der Waals surface area contributed by atoms with E-state index in [0.717, 1.165) is 11.0 Å². The smallest absolute Gasteiger partial charge is 0.289 e. The van der Waals surface area contributed by atoms with Crippen molar-refractivity contribution in [2.24, 2.45) is 0 Å². The highest BCUT2D eigenvalue weighted by atomic mass is 79.9. The van der Waals surface area contributed by atoms with Gasteiger partial charge in [-0.25, -0.2) is 9.97 Å². The minimum absolute atomic E-state index is 0.192. The molecule has 1 aromatic rings. The Balaban J connectivity index is 2.43. The van der Waals surface area contributed by atoms with Crippen LogP contribution in [0.2, 0.25) is 0 Å². The molecule has 0 aliphatic heterocycles. The van der Waals surface area contributed by atoms with Gasteiger partial charge in [-0.15, -0.1) is 0 Å². The van der Waals surface area contributed by atoms with Gasteiger partial charge in [-0.05, 0) is 30.0 Å². The van der Waals surface area contributed by atoms with Crippen LogP contribution in [0.15, 0.2) is 16.9 Å². The number of aromatic nitrogens is 2. The number of nitrogens with zero attached hydrogens (tertiary/aromatic N) is 3. The number of hydrogen-bond donors (Lipinski definition) is 1. The molecule has 0 bridgehead atoms. The summed E-state index contributed by atoms with van der Waals surface area (Å²) in [6, 6.07) is 0. The number of likely N-dealkylation sites (N-methyl/N-ethyl adjacent to an activating group) is 1. The molecule has 1 rings (SSSR count). The normalized spacial score (nSPS) is 10.4. The number of amides is 1. The number of carbonyl (C=O) groups is 1. The summed E-state index contributed by atoms with van der Waals surface area (Å²) in [4.78, 5) is 21.2. The van der Waals surface area contributed by atoms with Crippen LogP contribution in [0.4, 0.5) is 0 Å². The summed E-state index contributed by atoms with van der Waals surface area (Å²) in [6.07, 6.45) is 3.10. The van der Waals surface area contributed by atoms with Crippen molar-refractivity contribution in [3.63, 3.8) is 0 Å². The second-order valence-electron chi connectivity index (χ2n) is 3.28. The molecule has 0 saturated heterocycles. The molecule has 0 aromatic carbocycles. The minimum atomic E-state index is -0.246. The molecule has 0 spiro atoms. The molecule has 1 amide bonds. The minimum Gasteiger partial charge on any atom is -0.348 e. The van der Waals surface area contributed by atoms with Gasteiger partial charge in [0.25, 0.3) is 5.91 Å². The van der Waals surface area contributed by atoms with E-state index in [1.54, 1.807) is 12.4 Å². The summed E-state index contributed by atoms with van der Waals surface area (Å²) in [5, 5.41) is 2.73. The molecule has 0 aliphatic carbocycles. The second kappa shape index (κ2) is 5.77. The number of hydrogen-bond acceptors (Lipinski definition) is 4. The van der Waals surface area contributed by atoms with Crippen molar-refractivity contribution >= 4 is 21.8 Å². The average Bonchev–Trinajstić information content (AvgIpc) is 2.18. The third-order valence-corrected chi connectivity index (χ3v) is 2.08. The lowest BCUT2D eigenvalue weighted by atomic mass is 10.5. The van der Waals surface area contributed by atoms with Crippen LogP contribution >= 0.6 is 15.9 Å². The molecule has 0 unspecified atom stereocenters. The van der Waals surface area contributed by atoms with Gasteiger partial charge >= 0.3 is 0 Å². The zero-order valence-electron chi connectivity index (χ0n) is 8.70. The highest BCUT2D eigenvalue weighted by molar-refractivity contribution is 9.10. The lowest BCUT2D eigenvalue weighted by molar-refractivity contribution is 0.0940. The van der Waals surface area contributed by atoms with Crippen LogP contribution in [-0.2, 0) is 0 Å². The molecule has 0 radical (unpaired) electrons. The van der Waals surface area contributed by atoms with E-state index in [9.17, 15) is 4.79 Å². The quantitative estimate of drug-likeness (QED) is 0.869. The van der Waals surface area contributed by atoms with Crippen molar-refractivity contribution in [3.05, 3.63) is 22.7 Å². The first kappa shape index (κ1) is 12.1. The maximum Gasteiger partial charge on any atom is 0.289 e. The average molecular weight is 273 g/mol. The first-order valence-corrected chi connectivity index (χ1v) is 5.29. The third kappa shape index (κ3) is 4.35.